The Kier molecular flexibility index (Phi) is 7.33. The summed E-state index contributed by atoms with van der Waals surface area (Å²) in [6.07, 6.45) is 1.20. The molecular weight excluding hydrogens is 424 g/mol. The van der Waals surface area contributed by atoms with Gasteiger partial charge >= 0.3 is 0 Å². The maximum atomic E-state index is 12.6. The Balaban J connectivity index is 1.77. The molecule has 3 aromatic rings. The van der Waals surface area contributed by atoms with Crippen LogP contribution in [-0.4, -0.2) is 27.7 Å². The van der Waals surface area contributed by atoms with Crippen molar-refractivity contribution in [3.05, 3.63) is 94.5 Å². The van der Waals surface area contributed by atoms with Gasteiger partial charge in [-0.05, 0) is 66.4 Å². The van der Waals surface area contributed by atoms with Gasteiger partial charge < -0.3 is 10.1 Å². The Morgan fingerprint density at radius 2 is 1.69 bits per heavy atom. The lowest BCUT2D eigenvalue weighted by atomic mass is 10.1. The van der Waals surface area contributed by atoms with Crippen LogP contribution in [0.4, 0.5) is 11.4 Å². The summed E-state index contributed by atoms with van der Waals surface area (Å²) in [5, 5.41) is 2.88. The van der Waals surface area contributed by atoms with Crippen molar-refractivity contribution in [3.8, 4) is 0 Å². The van der Waals surface area contributed by atoms with E-state index in [4.69, 9.17) is 4.74 Å². The van der Waals surface area contributed by atoms with E-state index in [0.29, 0.717) is 23.5 Å². The number of hydrogen-bond donors (Lipinski definition) is 1. The third-order valence-electron chi connectivity index (χ3n) is 5.07. The van der Waals surface area contributed by atoms with Crippen LogP contribution in [0.2, 0.25) is 0 Å². The van der Waals surface area contributed by atoms with E-state index in [1.807, 2.05) is 56.3 Å². The first-order valence-corrected chi connectivity index (χ1v) is 12.1. The van der Waals surface area contributed by atoms with Crippen molar-refractivity contribution in [2.24, 2.45) is 0 Å². The first-order chi connectivity index (χ1) is 15.2. The molecule has 168 valence electrons. The molecule has 7 heteroatoms. The number of carbonyl (C=O) groups excluding carboxylic acids is 1. The number of benzene rings is 3. The lowest BCUT2D eigenvalue weighted by Crippen LogP contribution is -2.30. The van der Waals surface area contributed by atoms with Crippen LogP contribution < -0.4 is 9.62 Å². The number of ether oxygens (including phenoxy) is 1. The fraction of sp³-hybridized carbons (Fsp3) is 0.240. The summed E-state index contributed by atoms with van der Waals surface area (Å²) >= 11 is 0. The summed E-state index contributed by atoms with van der Waals surface area (Å²) in [7, 11) is -1.86. The summed E-state index contributed by atoms with van der Waals surface area (Å²) in [5.74, 6) is -0.236. The topological polar surface area (TPSA) is 75.7 Å². The van der Waals surface area contributed by atoms with Gasteiger partial charge in [-0.25, -0.2) is 8.42 Å². The van der Waals surface area contributed by atoms with Gasteiger partial charge in [-0.2, -0.15) is 0 Å². The highest BCUT2D eigenvalue weighted by Crippen LogP contribution is 2.26. The molecule has 0 fully saturated rings. The zero-order valence-corrected chi connectivity index (χ0v) is 19.6. The molecule has 0 aromatic heterocycles. The monoisotopic (exact) mass is 452 g/mol. The average Bonchev–Trinajstić information content (AvgIpc) is 2.74. The Morgan fingerprint density at radius 3 is 2.34 bits per heavy atom. The highest BCUT2D eigenvalue weighted by molar-refractivity contribution is 7.92. The lowest BCUT2D eigenvalue weighted by Gasteiger charge is -2.25. The van der Waals surface area contributed by atoms with E-state index in [-0.39, 0.29) is 12.5 Å². The minimum absolute atomic E-state index is 0.185. The number of amides is 1. The van der Waals surface area contributed by atoms with Crippen LogP contribution in [-0.2, 0) is 27.9 Å². The standard InChI is InChI=1S/C25H28N2O4S/c1-18-8-9-19(2)24(14-18)27(32(4,29)30)16-20-10-12-22(13-11-20)25(28)26-23-7-5-6-21(15-23)17-31-3/h5-15H,16-17H2,1-4H3,(H,26,28). The van der Waals surface area contributed by atoms with Crippen molar-refractivity contribution in [2.75, 3.05) is 23.0 Å². The fourth-order valence-electron chi connectivity index (χ4n) is 3.41. The second kappa shape index (κ2) is 9.97. The summed E-state index contributed by atoms with van der Waals surface area (Å²) in [4.78, 5) is 12.6. The van der Waals surface area contributed by atoms with E-state index in [0.717, 1.165) is 22.3 Å². The number of rotatable bonds is 8. The summed E-state index contributed by atoms with van der Waals surface area (Å²) < 4.78 is 31.5. The zero-order valence-electron chi connectivity index (χ0n) is 18.8. The molecule has 0 radical (unpaired) electrons. The van der Waals surface area contributed by atoms with Gasteiger partial charge in [-0.3, -0.25) is 9.10 Å². The quantitative estimate of drug-likeness (QED) is 0.539. The summed E-state index contributed by atoms with van der Waals surface area (Å²) in [5.41, 5.74) is 5.46. The Hall–Kier alpha value is -3.16. The van der Waals surface area contributed by atoms with Crippen LogP contribution >= 0.6 is 0 Å². The number of nitrogens with zero attached hydrogens (tertiary/aromatic N) is 1. The van der Waals surface area contributed by atoms with Crippen molar-refractivity contribution in [3.63, 3.8) is 0 Å². The van der Waals surface area contributed by atoms with Gasteiger partial charge in [-0.1, -0.05) is 36.4 Å². The molecule has 0 spiro atoms. The van der Waals surface area contributed by atoms with Crippen molar-refractivity contribution in [1.82, 2.24) is 0 Å². The molecule has 0 unspecified atom stereocenters. The van der Waals surface area contributed by atoms with Crippen molar-refractivity contribution in [2.45, 2.75) is 27.0 Å². The maximum absolute atomic E-state index is 12.6. The second-order valence-corrected chi connectivity index (χ2v) is 9.75. The number of anilines is 2. The Labute approximate surface area is 189 Å². The van der Waals surface area contributed by atoms with E-state index in [1.165, 1.54) is 10.6 Å². The Morgan fingerprint density at radius 1 is 0.969 bits per heavy atom. The Bertz CT molecular complexity index is 1200. The molecule has 0 heterocycles. The predicted octanol–water partition coefficient (Wildman–Crippen LogP) is 4.67. The van der Waals surface area contributed by atoms with Gasteiger partial charge in [0, 0.05) is 18.4 Å². The van der Waals surface area contributed by atoms with Crippen LogP contribution in [0.3, 0.4) is 0 Å². The smallest absolute Gasteiger partial charge is 0.255 e. The van der Waals surface area contributed by atoms with Crippen LogP contribution in [0.15, 0.2) is 66.7 Å². The molecule has 3 aromatic carbocycles. The summed E-state index contributed by atoms with van der Waals surface area (Å²) in [6, 6.07) is 20.2. The van der Waals surface area contributed by atoms with E-state index in [1.54, 1.807) is 31.4 Å². The van der Waals surface area contributed by atoms with Gasteiger partial charge in [-0.15, -0.1) is 0 Å². The van der Waals surface area contributed by atoms with Gasteiger partial charge in [0.05, 0.1) is 25.1 Å². The lowest BCUT2D eigenvalue weighted by molar-refractivity contribution is 0.102. The maximum Gasteiger partial charge on any atom is 0.255 e. The molecule has 0 aliphatic carbocycles. The van der Waals surface area contributed by atoms with Crippen LogP contribution in [0.5, 0.6) is 0 Å². The number of methoxy groups -OCH3 is 1. The SMILES string of the molecule is COCc1cccc(NC(=O)c2ccc(CN(c3cc(C)ccc3C)S(C)(=O)=O)cc2)c1. The molecule has 0 aliphatic rings. The van der Waals surface area contributed by atoms with E-state index in [9.17, 15) is 13.2 Å². The molecule has 1 amide bonds. The molecule has 0 saturated carbocycles. The molecule has 1 N–H and O–H groups in total. The minimum atomic E-state index is -3.49. The van der Waals surface area contributed by atoms with E-state index in [2.05, 4.69) is 5.32 Å². The summed E-state index contributed by atoms with van der Waals surface area (Å²) in [6.45, 7) is 4.48. The molecule has 0 atom stereocenters. The third-order valence-corrected chi connectivity index (χ3v) is 6.20. The number of nitrogens with one attached hydrogen (secondary N) is 1. The highest BCUT2D eigenvalue weighted by atomic mass is 32.2. The fourth-order valence-corrected chi connectivity index (χ4v) is 4.34. The molecule has 6 nitrogen and oxygen atoms in total. The van der Waals surface area contributed by atoms with Gasteiger partial charge in [0.2, 0.25) is 10.0 Å². The molecule has 3 rings (SSSR count). The van der Waals surface area contributed by atoms with Gasteiger partial charge in [0.15, 0.2) is 0 Å². The van der Waals surface area contributed by atoms with Crippen LogP contribution in [0.25, 0.3) is 0 Å². The number of sulfonamides is 1. The normalized spacial score (nSPS) is 11.2. The average molecular weight is 453 g/mol. The third kappa shape index (κ3) is 5.96. The number of hydrogen-bond acceptors (Lipinski definition) is 4. The molecule has 0 saturated heterocycles. The first kappa shape index (κ1) is 23.5. The van der Waals surface area contributed by atoms with Gasteiger partial charge in [0.1, 0.15) is 0 Å². The number of carbonyl (C=O) groups is 1. The largest absolute Gasteiger partial charge is 0.380 e. The number of aryl methyl sites for hydroxylation is 2. The van der Waals surface area contributed by atoms with Crippen molar-refractivity contribution < 1.29 is 17.9 Å². The first-order valence-electron chi connectivity index (χ1n) is 10.2. The van der Waals surface area contributed by atoms with E-state index < -0.39 is 10.0 Å². The minimum Gasteiger partial charge on any atom is -0.380 e. The van der Waals surface area contributed by atoms with Crippen molar-refractivity contribution >= 4 is 27.3 Å². The molecule has 0 aliphatic heterocycles. The molecular formula is C25H28N2O4S. The van der Waals surface area contributed by atoms with Crippen molar-refractivity contribution in [1.29, 1.82) is 0 Å². The van der Waals surface area contributed by atoms with Gasteiger partial charge in [0.25, 0.3) is 5.91 Å². The predicted molar refractivity (Wildman–Crippen MR) is 128 cm³/mol. The second-order valence-electron chi connectivity index (χ2n) is 7.84. The molecule has 32 heavy (non-hydrogen) atoms. The van der Waals surface area contributed by atoms with Crippen LogP contribution in [0.1, 0.15) is 32.6 Å². The molecule has 0 bridgehead atoms. The highest BCUT2D eigenvalue weighted by Gasteiger charge is 2.20. The van der Waals surface area contributed by atoms with E-state index >= 15 is 0 Å². The van der Waals surface area contributed by atoms with Crippen LogP contribution in [0, 0.1) is 13.8 Å². The zero-order chi connectivity index (χ0) is 23.3.